The van der Waals surface area contributed by atoms with E-state index in [1.165, 1.54) is 16.8 Å². The molecule has 3 rings (SSSR count). The molecule has 1 atom stereocenters. The first-order valence-corrected chi connectivity index (χ1v) is 7.79. The van der Waals surface area contributed by atoms with Gasteiger partial charge in [0.05, 0.1) is 11.6 Å². The van der Waals surface area contributed by atoms with Gasteiger partial charge in [0.2, 0.25) is 0 Å². The number of aryl methyl sites for hydroxylation is 1. The number of aromatic nitrogens is 4. The first-order valence-electron chi connectivity index (χ1n) is 7.00. The van der Waals surface area contributed by atoms with Crippen molar-refractivity contribution < 1.29 is 13.2 Å². The number of fused-ring (bicyclic) bond motifs is 1. The molecule has 0 aliphatic carbocycles. The summed E-state index contributed by atoms with van der Waals surface area (Å²) in [4.78, 5) is 18.9. The van der Waals surface area contributed by atoms with Crippen LogP contribution in [0, 0.1) is 6.92 Å². The SMILES string of the molecule is Cc1nc2c(c(Br)nn2[C@@H](C)c2ccc(C(F)(F)F)cc2)c(=O)[nH]1. The molecule has 1 aromatic carbocycles. The lowest BCUT2D eigenvalue weighted by molar-refractivity contribution is -0.137. The summed E-state index contributed by atoms with van der Waals surface area (Å²) in [6.07, 6.45) is -4.38. The highest BCUT2D eigenvalue weighted by atomic mass is 79.9. The van der Waals surface area contributed by atoms with E-state index in [1.54, 1.807) is 13.8 Å². The summed E-state index contributed by atoms with van der Waals surface area (Å²) < 4.78 is 39.9. The van der Waals surface area contributed by atoms with Gasteiger partial charge in [0.15, 0.2) is 5.65 Å². The van der Waals surface area contributed by atoms with Crippen molar-refractivity contribution in [1.82, 2.24) is 19.7 Å². The average molecular weight is 401 g/mol. The highest BCUT2D eigenvalue weighted by molar-refractivity contribution is 9.10. The Balaban J connectivity index is 2.09. The Morgan fingerprint density at radius 2 is 1.88 bits per heavy atom. The number of nitrogens with one attached hydrogen (secondary N) is 1. The lowest BCUT2D eigenvalue weighted by Gasteiger charge is -2.15. The number of halogens is 4. The van der Waals surface area contributed by atoms with E-state index in [0.717, 1.165) is 12.1 Å². The van der Waals surface area contributed by atoms with Crippen molar-refractivity contribution in [2.75, 3.05) is 0 Å². The zero-order chi connectivity index (χ0) is 17.6. The molecular formula is C15H12BrF3N4O. The predicted octanol–water partition coefficient (Wildman–Crippen LogP) is 3.82. The summed E-state index contributed by atoms with van der Waals surface area (Å²) in [6, 6.07) is 4.45. The molecule has 0 amide bonds. The van der Waals surface area contributed by atoms with Gasteiger partial charge >= 0.3 is 6.18 Å². The molecule has 0 unspecified atom stereocenters. The van der Waals surface area contributed by atoms with Gasteiger partial charge in [-0.05, 0) is 47.5 Å². The van der Waals surface area contributed by atoms with Crippen LogP contribution in [-0.4, -0.2) is 19.7 Å². The number of hydrogen-bond donors (Lipinski definition) is 1. The van der Waals surface area contributed by atoms with Gasteiger partial charge in [0, 0.05) is 0 Å². The topological polar surface area (TPSA) is 63.6 Å². The molecule has 3 aromatic rings. The van der Waals surface area contributed by atoms with Crippen LogP contribution in [0.2, 0.25) is 0 Å². The molecule has 0 saturated heterocycles. The largest absolute Gasteiger partial charge is 0.416 e. The van der Waals surface area contributed by atoms with Gasteiger partial charge in [0.25, 0.3) is 5.56 Å². The zero-order valence-electron chi connectivity index (χ0n) is 12.6. The van der Waals surface area contributed by atoms with Gasteiger partial charge < -0.3 is 4.98 Å². The number of H-pyrrole nitrogens is 1. The molecule has 0 radical (unpaired) electrons. The summed E-state index contributed by atoms with van der Waals surface area (Å²) in [5, 5.41) is 4.57. The van der Waals surface area contributed by atoms with Crippen molar-refractivity contribution in [2.45, 2.75) is 26.1 Å². The number of nitrogens with zero attached hydrogens (tertiary/aromatic N) is 3. The normalized spacial score (nSPS) is 13.4. The highest BCUT2D eigenvalue weighted by Crippen LogP contribution is 2.31. The Labute approximate surface area is 142 Å². The third-order valence-corrected chi connectivity index (χ3v) is 4.28. The third kappa shape index (κ3) is 2.83. The van der Waals surface area contributed by atoms with E-state index < -0.39 is 17.8 Å². The molecular weight excluding hydrogens is 389 g/mol. The van der Waals surface area contributed by atoms with E-state index in [1.807, 2.05) is 0 Å². The summed E-state index contributed by atoms with van der Waals surface area (Å²) in [7, 11) is 0. The molecule has 0 aliphatic rings. The first-order chi connectivity index (χ1) is 11.2. The summed E-state index contributed by atoms with van der Waals surface area (Å²) in [5.74, 6) is 0.431. The fourth-order valence-corrected chi connectivity index (χ4v) is 3.00. The molecule has 0 bridgehead atoms. The Morgan fingerprint density at radius 3 is 2.46 bits per heavy atom. The number of rotatable bonds is 2. The molecule has 0 spiro atoms. The van der Waals surface area contributed by atoms with Crippen molar-refractivity contribution in [3.63, 3.8) is 0 Å². The number of aromatic amines is 1. The maximum absolute atomic E-state index is 12.7. The summed E-state index contributed by atoms with van der Waals surface area (Å²) in [6.45, 7) is 3.43. The van der Waals surface area contributed by atoms with E-state index in [0.29, 0.717) is 27.0 Å². The number of benzene rings is 1. The van der Waals surface area contributed by atoms with Crippen molar-refractivity contribution >= 4 is 27.0 Å². The first kappa shape index (κ1) is 16.7. The van der Waals surface area contributed by atoms with Crippen LogP contribution >= 0.6 is 15.9 Å². The van der Waals surface area contributed by atoms with Gasteiger partial charge in [-0.3, -0.25) is 4.79 Å². The Hall–Kier alpha value is -2.16. The average Bonchev–Trinajstić information content (AvgIpc) is 2.82. The van der Waals surface area contributed by atoms with Crippen LogP contribution in [0.4, 0.5) is 13.2 Å². The third-order valence-electron chi connectivity index (χ3n) is 3.72. The molecule has 24 heavy (non-hydrogen) atoms. The Morgan fingerprint density at radius 1 is 1.25 bits per heavy atom. The standard InChI is InChI=1S/C15H12BrF3N4O/c1-7(9-3-5-10(6-4-9)15(17,18)19)23-13-11(12(16)22-23)14(24)21-8(2)20-13/h3-7H,1-2H3,(H,20,21,24)/t7-/m0/s1. The van der Waals surface area contributed by atoms with Crippen LogP contribution in [0.5, 0.6) is 0 Å². The van der Waals surface area contributed by atoms with Gasteiger partial charge in [-0.15, -0.1) is 0 Å². The summed E-state index contributed by atoms with van der Waals surface area (Å²) in [5.41, 5.74) is -0.0410. The van der Waals surface area contributed by atoms with Crippen molar-refractivity contribution in [3.8, 4) is 0 Å². The summed E-state index contributed by atoms with van der Waals surface area (Å²) >= 11 is 3.23. The molecule has 5 nitrogen and oxygen atoms in total. The monoisotopic (exact) mass is 400 g/mol. The van der Waals surface area contributed by atoms with Crippen molar-refractivity contribution in [2.24, 2.45) is 0 Å². The highest BCUT2D eigenvalue weighted by Gasteiger charge is 2.30. The maximum Gasteiger partial charge on any atom is 0.416 e. The van der Waals surface area contributed by atoms with Gasteiger partial charge in [-0.1, -0.05) is 12.1 Å². The quantitative estimate of drug-likeness (QED) is 0.710. The lowest BCUT2D eigenvalue weighted by Crippen LogP contribution is -2.13. The zero-order valence-corrected chi connectivity index (χ0v) is 14.2. The molecule has 1 N–H and O–H groups in total. The van der Waals surface area contributed by atoms with Crippen LogP contribution in [0.3, 0.4) is 0 Å². The van der Waals surface area contributed by atoms with E-state index >= 15 is 0 Å². The van der Waals surface area contributed by atoms with Crippen LogP contribution in [-0.2, 0) is 6.18 Å². The molecule has 2 heterocycles. The smallest absolute Gasteiger partial charge is 0.310 e. The molecule has 9 heteroatoms. The van der Waals surface area contributed by atoms with Gasteiger partial charge in [-0.25, -0.2) is 9.67 Å². The molecule has 2 aromatic heterocycles. The predicted molar refractivity (Wildman–Crippen MR) is 85.8 cm³/mol. The van der Waals surface area contributed by atoms with Crippen molar-refractivity contribution in [1.29, 1.82) is 0 Å². The molecule has 126 valence electrons. The minimum Gasteiger partial charge on any atom is -0.310 e. The minimum atomic E-state index is -4.38. The Kier molecular flexibility index (Phi) is 3.98. The minimum absolute atomic E-state index is 0.305. The second-order valence-electron chi connectivity index (χ2n) is 5.38. The Bertz CT molecular complexity index is 960. The van der Waals surface area contributed by atoms with Crippen molar-refractivity contribution in [3.05, 3.63) is 56.2 Å². The second-order valence-corrected chi connectivity index (χ2v) is 6.13. The molecule has 0 fully saturated rings. The van der Waals surface area contributed by atoms with E-state index in [4.69, 9.17) is 0 Å². The fraction of sp³-hybridized carbons (Fsp3) is 0.267. The number of alkyl halides is 3. The van der Waals surface area contributed by atoms with E-state index in [-0.39, 0.29) is 5.56 Å². The van der Waals surface area contributed by atoms with Crippen LogP contribution in [0.1, 0.15) is 29.9 Å². The fourth-order valence-electron chi connectivity index (χ4n) is 2.48. The maximum atomic E-state index is 12.7. The lowest BCUT2D eigenvalue weighted by atomic mass is 10.1. The van der Waals surface area contributed by atoms with Gasteiger partial charge in [0.1, 0.15) is 15.8 Å². The van der Waals surface area contributed by atoms with E-state index in [9.17, 15) is 18.0 Å². The van der Waals surface area contributed by atoms with Crippen LogP contribution in [0.25, 0.3) is 11.0 Å². The van der Waals surface area contributed by atoms with Crippen LogP contribution < -0.4 is 5.56 Å². The van der Waals surface area contributed by atoms with E-state index in [2.05, 4.69) is 31.0 Å². The van der Waals surface area contributed by atoms with Crippen LogP contribution in [0.15, 0.2) is 33.7 Å². The molecule has 0 saturated carbocycles. The van der Waals surface area contributed by atoms with Gasteiger partial charge in [-0.2, -0.15) is 18.3 Å². The number of hydrogen-bond acceptors (Lipinski definition) is 3. The second kappa shape index (κ2) is 5.73. The molecule has 0 aliphatic heterocycles.